The number of piperidine rings is 1. The first kappa shape index (κ1) is 20.5. The molecule has 2 rings (SSSR count). The fraction of sp³-hybridized carbons (Fsp3) is 0.533. The molecule has 11 heteroatoms. The van der Waals surface area contributed by atoms with Crippen LogP contribution in [0.4, 0.5) is 13.2 Å². The predicted octanol–water partition coefficient (Wildman–Crippen LogP) is 1.06. The average Bonchev–Trinajstić information content (AvgIpc) is 2.58. The van der Waals surface area contributed by atoms with Crippen LogP contribution >= 0.6 is 0 Å². The number of carbonyl (C=O) groups excluding carboxylic acids is 1. The molecule has 1 saturated heterocycles. The maximum absolute atomic E-state index is 12.6. The topological polar surface area (TPSA) is 102 Å². The summed E-state index contributed by atoms with van der Waals surface area (Å²) in [5.74, 6) is -1.09. The number of carbonyl (C=O) groups is 1. The summed E-state index contributed by atoms with van der Waals surface area (Å²) >= 11 is 0. The van der Waals surface area contributed by atoms with E-state index in [2.05, 4.69) is 10.1 Å². The van der Waals surface area contributed by atoms with E-state index in [-0.39, 0.29) is 29.8 Å². The normalized spacial score (nSPS) is 17.1. The minimum Gasteiger partial charge on any atom is -0.406 e. The van der Waals surface area contributed by atoms with Gasteiger partial charge in [0, 0.05) is 38.2 Å². The van der Waals surface area contributed by atoms with Gasteiger partial charge < -0.3 is 15.8 Å². The minimum atomic E-state index is -4.91. The van der Waals surface area contributed by atoms with Gasteiger partial charge in [-0.05, 0) is 25.0 Å². The summed E-state index contributed by atoms with van der Waals surface area (Å²) < 4.78 is 67.1. The number of nitrogens with zero attached hydrogens (tertiary/aromatic N) is 1. The van der Waals surface area contributed by atoms with Crippen LogP contribution in [0.15, 0.2) is 29.2 Å². The van der Waals surface area contributed by atoms with Crippen LogP contribution in [0.5, 0.6) is 5.75 Å². The number of halogens is 3. The molecule has 146 valence electrons. The molecule has 26 heavy (non-hydrogen) atoms. The molecule has 0 bridgehead atoms. The van der Waals surface area contributed by atoms with Gasteiger partial charge in [0.15, 0.2) is 0 Å². The van der Waals surface area contributed by atoms with Crippen LogP contribution in [0.1, 0.15) is 12.8 Å². The zero-order valence-electron chi connectivity index (χ0n) is 13.8. The largest absolute Gasteiger partial charge is 0.573 e. The van der Waals surface area contributed by atoms with E-state index < -0.39 is 22.1 Å². The summed E-state index contributed by atoms with van der Waals surface area (Å²) in [7, 11) is -3.97. The SMILES string of the molecule is NCCNC(=O)C1CCN(S(=O)(=O)c2cccc(OC(F)(F)F)c2)CC1. The van der Waals surface area contributed by atoms with Crippen molar-refractivity contribution >= 4 is 15.9 Å². The van der Waals surface area contributed by atoms with Gasteiger partial charge in [-0.15, -0.1) is 13.2 Å². The molecule has 0 radical (unpaired) electrons. The summed E-state index contributed by atoms with van der Waals surface area (Å²) in [6.45, 7) is 0.874. The summed E-state index contributed by atoms with van der Waals surface area (Å²) in [5, 5.41) is 2.66. The smallest absolute Gasteiger partial charge is 0.406 e. The molecule has 0 saturated carbocycles. The lowest BCUT2D eigenvalue weighted by Crippen LogP contribution is -2.43. The number of hydrogen-bond donors (Lipinski definition) is 2. The van der Waals surface area contributed by atoms with Gasteiger partial charge in [0.25, 0.3) is 0 Å². The molecule has 1 aromatic carbocycles. The van der Waals surface area contributed by atoms with Gasteiger partial charge in [0.05, 0.1) is 4.90 Å². The maximum Gasteiger partial charge on any atom is 0.573 e. The number of amides is 1. The Morgan fingerprint density at radius 2 is 1.96 bits per heavy atom. The number of alkyl halides is 3. The van der Waals surface area contributed by atoms with Gasteiger partial charge >= 0.3 is 6.36 Å². The Kier molecular flexibility index (Phi) is 6.48. The third-order valence-corrected chi connectivity index (χ3v) is 5.84. The lowest BCUT2D eigenvalue weighted by molar-refractivity contribution is -0.274. The summed E-state index contributed by atoms with van der Waals surface area (Å²) in [4.78, 5) is 11.6. The predicted molar refractivity (Wildman–Crippen MR) is 86.7 cm³/mol. The first-order valence-electron chi connectivity index (χ1n) is 7.97. The van der Waals surface area contributed by atoms with Gasteiger partial charge in [0.2, 0.25) is 15.9 Å². The van der Waals surface area contributed by atoms with Crippen LogP contribution < -0.4 is 15.8 Å². The van der Waals surface area contributed by atoms with Crippen molar-refractivity contribution in [3.05, 3.63) is 24.3 Å². The van der Waals surface area contributed by atoms with E-state index in [4.69, 9.17) is 5.73 Å². The van der Waals surface area contributed by atoms with Crippen LogP contribution in [-0.2, 0) is 14.8 Å². The Morgan fingerprint density at radius 3 is 2.54 bits per heavy atom. The molecule has 3 N–H and O–H groups in total. The highest BCUT2D eigenvalue weighted by Crippen LogP contribution is 2.28. The zero-order valence-corrected chi connectivity index (χ0v) is 14.6. The molecular weight excluding hydrogens is 375 g/mol. The third kappa shape index (κ3) is 5.32. The number of nitrogens with one attached hydrogen (secondary N) is 1. The quantitative estimate of drug-likeness (QED) is 0.750. The average molecular weight is 395 g/mol. The first-order chi connectivity index (χ1) is 12.1. The molecule has 0 aromatic heterocycles. The molecule has 1 heterocycles. The Balaban J connectivity index is 2.05. The van der Waals surface area contributed by atoms with E-state index in [1.807, 2.05) is 0 Å². The summed E-state index contributed by atoms with van der Waals surface area (Å²) in [5.41, 5.74) is 5.32. The van der Waals surface area contributed by atoms with Crippen LogP contribution in [-0.4, -0.2) is 51.2 Å². The lowest BCUT2D eigenvalue weighted by Gasteiger charge is -2.30. The standard InChI is InChI=1S/C15H20F3N3O4S/c16-15(17,18)25-12-2-1-3-13(10-12)26(23,24)21-8-4-11(5-9-21)14(22)20-7-6-19/h1-3,10-11H,4-9,19H2,(H,20,22). The van der Waals surface area contributed by atoms with Crippen LogP contribution in [0.2, 0.25) is 0 Å². The molecule has 1 aliphatic heterocycles. The molecule has 0 aliphatic carbocycles. The first-order valence-corrected chi connectivity index (χ1v) is 9.41. The zero-order chi connectivity index (χ0) is 19.4. The second kappa shape index (κ2) is 8.23. The van der Waals surface area contributed by atoms with Gasteiger partial charge in [-0.25, -0.2) is 8.42 Å². The van der Waals surface area contributed by atoms with Crippen LogP contribution in [0.3, 0.4) is 0 Å². The number of benzene rings is 1. The van der Waals surface area contributed by atoms with Crippen molar-refractivity contribution in [3.63, 3.8) is 0 Å². The molecule has 7 nitrogen and oxygen atoms in total. The number of sulfonamides is 1. The van der Waals surface area contributed by atoms with Gasteiger partial charge in [-0.2, -0.15) is 4.31 Å². The molecule has 0 spiro atoms. The highest BCUT2D eigenvalue weighted by atomic mass is 32.2. The van der Waals surface area contributed by atoms with E-state index in [0.29, 0.717) is 25.9 Å². The van der Waals surface area contributed by atoms with E-state index in [0.717, 1.165) is 16.4 Å². The maximum atomic E-state index is 12.6. The third-order valence-electron chi connectivity index (χ3n) is 3.95. The monoisotopic (exact) mass is 395 g/mol. The lowest BCUT2D eigenvalue weighted by atomic mass is 9.97. The minimum absolute atomic E-state index is 0.105. The Labute approximate surface area is 149 Å². The van der Waals surface area contributed by atoms with E-state index in [1.54, 1.807) is 0 Å². The second-order valence-corrected chi connectivity index (χ2v) is 7.72. The molecular formula is C15H20F3N3O4S. The molecule has 0 unspecified atom stereocenters. The van der Waals surface area contributed by atoms with Crippen molar-refractivity contribution in [1.82, 2.24) is 9.62 Å². The Bertz CT molecular complexity index is 732. The van der Waals surface area contributed by atoms with Crippen molar-refractivity contribution in [2.45, 2.75) is 24.1 Å². The molecule has 0 atom stereocenters. The molecule has 1 fully saturated rings. The van der Waals surface area contributed by atoms with Crippen LogP contribution in [0.25, 0.3) is 0 Å². The number of rotatable bonds is 6. The second-order valence-electron chi connectivity index (χ2n) is 5.78. The van der Waals surface area contributed by atoms with Crippen molar-refractivity contribution in [2.24, 2.45) is 11.7 Å². The van der Waals surface area contributed by atoms with Gasteiger partial charge in [0.1, 0.15) is 5.75 Å². The summed E-state index contributed by atoms with van der Waals surface area (Å²) in [6, 6.07) is 4.25. The van der Waals surface area contributed by atoms with Crippen LogP contribution in [0, 0.1) is 5.92 Å². The van der Waals surface area contributed by atoms with Crippen molar-refractivity contribution in [2.75, 3.05) is 26.2 Å². The van der Waals surface area contributed by atoms with Crippen molar-refractivity contribution in [3.8, 4) is 5.75 Å². The summed E-state index contributed by atoms with van der Waals surface area (Å²) in [6.07, 6.45) is -4.25. The molecule has 1 amide bonds. The van der Waals surface area contributed by atoms with Gasteiger partial charge in [-0.3, -0.25) is 4.79 Å². The fourth-order valence-electron chi connectivity index (χ4n) is 2.68. The van der Waals surface area contributed by atoms with E-state index >= 15 is 0 Å². The number of ether oxygens (including phenoxy) is 1. The van der Waals surface area contributed by atoms with E-state index in [1.165, 1.54) is 12.1 Å². The Hall–Kier alpha value is -1.85. The van der Waals surface area contributed by atoms with E-state index in [9.17, 15) is 26.4 Å². The van der Waals surface area contributed by atoms with Crippen molar-refractivity contribution in [1.29, 1.82) is 0 Å². The van der Waals surface area contributed by atoms with Gasteiger partial charge in [-0.1, -0.05) is 6.07 Å². The number of nitrogens with two attached hydrogens (primary N) is 1. The fourth-order valence-corrected chi connectivity index (χ4v) is 4.18. The molecule has 1 aliphatic rings. The Morgan fingerprint density at radius 1 is 1.31 bits per heavy atom. The van der Waals surface area contributed by atoms with Crippen molar-refractivity contribution < 1.29 is 31.1 Å². The highest BCUT2D eigenvalue weighted by Gasteiger charge is 2.34. The highest BCUT2D eigenvalue weighted by molar-refractivity contribution is 7.89. The molecule has 1 aromatic rings. The number of hydrogen-bond acceptors (Lipinski definition) is 5.